The van der Waals surface area contributed by atoms with E-state index < -0.39 is 5.97 Å². The second-order valence-electron chi connectivity index (χ2n) is 4.83. The van der Waals surface area contributed by atoms with E-state index in [0.717, 1.165) is 4.68 Å². The Kier molecular flexibility index (Phi) is 6.10. The lowest BCUT2D eigenvalue weighted by molar-refractivity contribution is -0.137. The molecule has 1 rings (SSSR count). The molecule has 112 valence electrons. The molecule has 8 nitrogen and oxygen atoms in total. The van der Waals surface area contributed by atoms with Crippen LogP contribution in [0.2, 0.25) is 0 Å². The first-order chi connectivity index (χ1) is 9.43. The Labute approximate surface area is 117 Å². The summed E-state index contributed by atoms with van der Waals surface area (Å²) in [5.74, 6) is -0.996. The third-order valence-electron chi connectivity index (χ3n) is 2.49. The van der Waals surface area contributed by atoms with Crippen LogP contribution in [0, 0.1) is 5.92 Å². The van der Waals surface area contributed by atoms with Crippen molar-refractivity contribution in [1.29, 1.82) is 0 Å². The molecule has 0 aliphatic rings. The summed E-state index contributed by atoms with van der Waals surface area (Å²) in [6, 6.07) is 0. The van der Waals surface area contributed by atoms with E-state index >= 15 is 0 Å². The number of carbonyl (C=O) groups excluding carboxylic acids is 1. The first-order valence-electron chi connectivity index (χ1n) is 6.34. The van der Waals surface area contributed by atoms with E-state index in [1.165, 1.54) is 6.20 Å². The largest absolute Gasteiger partial charge is 0.480 e. The second kappa shape index (κ2) is 7.59. The summed E-state index contributed by atoms with van der Waals surface area (Å²) in [6.45, 7) is 5.17. The highest BCUT2D eigenvalue weighted by Crippen LogP contribution is 2.05. The maximum atomic E-state index is 12.3. The number of ether oxygens (including phenoxy) is 1. The van der Waals surface area contributed by atoms with Gasteiger partial charge in [-0.3, -0.25) is 9.59 Å². The van der Waals surface area contributed by atoms with E-state index in [0.29, 0.717) is 25.6 Å². The number of hydrogen-bond acceptors (Lipinski definition) is 5. The zero-order chi connectivity index (χ0) is 15.1. The van der Waals surface area contributed by atoms with Crippen molar-refractivity contribution in [3.05, 3.63) is 11.9 Å². The predicted octanol–water partition coefficient (Wildman–Crippen LogP) is 0.107. The molecule has 0 bridgehead atoms. The van der Waals surface area contributed by atoms with Gasteiger partial charge in [-0.05, 0) is 5.92 Å². The predicted molar refractivity (Wildman–Crippen MR) is 70.3 cm³/mol. The fourth-order valence-electron chi connectivity index (χ4n) is 1.69. The van der Waals surface area contributed by atoms with E-state index in [-0.39, 0.29) is 18.1 Å². The smallest absolute Gasteiger partial charge is 0.325 e. The molecular weight excluding hydrogens is 264 g/mol. The highest BCUT2D eigenvalue weighted by Gasteiger charge is 2.20. The molecule has 0 saturated carbocycles. The van der Waals surface area contributed by atoms with Gasteiger partial charge in [0, 0.05) is 20.2 Å². The number of methoxy groups -OCH3 is 1. The zero-order valence-corrected chi connectivity index (χ0v) is 11.9. The Hall–Kier alpha value is -1.96. The summed E-state index contributed by atoms with van der Waals surface area (Å²) < 4.78 is 6.11. The van der Waals surface area contributed by atoms with Gasteiger partial charge in [-0.2, -0.15) is 0 Å². The van der Waals surface area contributed by atoms with E-state index in [4.69, 9.17) is 9.84 Å². The van der Waals surface area contributed by atoms with Crippen LogP contribution in [-0.4, -0.2) is 63.7 Å². The Morgan fingerprint density at radius 2 is 2.20 bits per heavy atom. The average molecular weight is 284 g/mol. The van der Waals surface area contributed by atoms with Gasteiger partial charge in [0.25, 0.3) is 5.91 Å². The SMILES string of the molecule is COCCN(CC(C)C)C(=O)c1cn(CC(=O)O)nn1. The van der Waals surface area contributed by atoms with E-state index in [1.807, 2.05) is 13.8 Å². The van der Waals surface area contributed by atoms with Gasteiger partial charge in [0.15, 0.2) is 5.69 Å². The fraction of sp³-hybridized carbons (Fsp3) is 0.667. The lowest BCUT2D eigenvalue weighted by atomic mass is 10.2. The number of rotatable bonds is 8. The van der Waals surface area contributed by atoms with Crippen LogP contribution in [0.25, 0.3) is 0 Å². The summed E-state index contributed by atoms with van der Waals surface area (Å²) in [4.78, 5) is 24.5. The van der Waals surface area contributed by atoms with Crippen LogP contribution in [0.3, 0.4) is 0 Å². The van der Waals surface area contributed by atoms with Crippen LogP contribution < -0.4 is 0 Å². The monoisotopic (exact) mass is 284 g/mol. The van der Waals surface area contributed by atoms with Crippen LogP contribution in [0.5, 0.6) is 0 Å². The van der Waals surface area contributed by atoms with Crippen molar-refractivity contribution >= 4 is 11.9 Å². The van der Waals surface area contributed by atoms with Crippen LogP contribution >= 0.6 is 0 Å². The molecule has 0 radical (unpaired) electrons. The summed E-state index contributed by atoms with van der Waals surface area (Å²) >= 11 is 0. The normalized spacial score (nSPS) is 10.8. The number of amides is 1. The van der Waals surface area contributed by atoms with Gasteiger partial charge in [-0.15, -0.1) is 5.10 Å². The average Bonchev–Trinajstić information content (AvgIpc) is 2.80. The van der Waals surface area contributed by atoms with Crippen molar-refractivity contribution < 1.29 is 19.4 Å². The second-order valence-corrected chi connectivity index (χ2v) is 4.83. The number of nitrogens with zero attached hydrogens (tertiary/aromatic N) is 4. The fourth-order valence-corrected chi connectivity index (χ4v) is 1.69. The lowest BCUT2D eigenvalue weighted by Crippen LogP contribution is -2.37. The molecular formula is C12H20N4O4. The Bertz CT molecular complexity index is 458. The van der Waals surface area contributed by atoms with Crippen molar-refractivity contribution in [3.8, 4) is 0 Å². The number of carboxylic acid groups (broad SMARTS) is 1. The van der Waals surface area contributed by atoms with Crippen molar-refractivity contribution in [1.82, 2.24) is 19.9 Å². The summed E-state index contributed by atoms with van der Waals surface area (Å²) in [5.41, 5.74) is 0.142. The maximum absolute atomic E-state index is 12.3. The summed E-state index contributed by atoms with van der Waals surface area (Å²) in [7, 11) is 1.57. The Balaban J connectivity index is 2.76. The molecule has 1 aromatic rings. The minimum absolute atomic E-state index is 0.142. The molecule has 0 aromatic carbocycles. The topological polar surface area (TPSA) is 97.5 Å². The van der Waals surface area contributed by atoms with Crippen molar-refractivity contribution in [2.24, 2.45) is 5.92 Å². The summed E-state index contributed by atoms with van der Waals surface area (Å²) in [6.07, 6.45) is 1.34. The van der Waals surface area contributed by atoms with E-state index in [1.54, 1.807) is 12.0 Å². The molecule has 0 aliphatic heterocycles. The minimum atomic E-state index is -1.03. The molecule has 0 fully saturated rings. The maximum Gasteiger partial charge on any atom is 0.325 e. The van der Waals surface area contributed by atoms with Gasteiger partial charge in [-0.25, -0.2) is 4.68 Å². The molecule has 1 heterocycles. The highest BCUT2D eigenvalue weighted by atomic mass is 16.5. The van der Waals surface area contributed by atoms with Gasteiger partial charge in [-0.1, -0.05) is 19.1 Å². The summed E-state index contributed by atoms with van der Waals surface area (Å²) in [5, 5.41) is 16.0. The van der Waals surface area contributed by atoms with Crippen LogP contribution in [0.4, 0.5) is 0 Å². The number of hydrogen-bond donors (Lipinski definition) is 1. The first kappa shape index (κ1) is 16.1. The molecule has 0 atom stereocenters. The molecule has 0 aliphatic carbocycles. The van der Waals surface area contributed by atoms with Gasteiger partial charge in [0.05, 0.1) is 12.8 Å². The highest BCUT2D eigenvalue weighted by molar-refractivity contribution is 5.92. The standard InChI is InChI=1S/C12H20N4O4/c1-9(2)6-15(4-5-20-3)12(19)10-7-16(14-13-10)8-11(17)18/h7,9H,4-6,8H2,1-3H3,(H,17,18). The molecule has 1 amide bonds. The molecule has 1 N–H and O–H groups in total. The van der Waals surface area contributed by atoms with Crippen molar-refractivity contribution in [2.75, 3.05) is 26.8 Å². The number of carboxylic acids is 1. The van der Waals surface area contributed by atoms with Crippen LogP contribution in [-0.2, 0) is 16.1 Å². The van der Waals surface area contributed by atoms with Crippen LogP contribution in [0.15, 0.2) is 6.20 Å². The molecule has 8 heteroatoms. The molecule has 0 spiro atoms. The van der Waals surface area contributed by atoms with Gasteiger partial charge >= 0.3 is 5.97 Å². The van der Waals surface area contributed by atoms with Crippen LogP contribution in [0.1, 0.15) is 24.3 Å². The third kappa shape index (κ3) is 4.96. The quantitative estimate of drug-likeness (QED) is 0.727. The van der Waals surface area contributed by atoms with Gasteiger partial charge < -0.3 is 14.7 Å². The molecule has 1 aromatic heterocycles. The van der Waals surface area contributed by atoms with Gasteiger partial charge in [0.1, 0.15) is 6.54 Å². The Morgan fingerprint density at radius 1 is 1.50 bits per heavy atom. The zero-order valence-electron chi connectivity index (χ0n) is 11.9. The number of aliphatic carboxylic acids is 1. The Morgan fingerprint density at radius 3 is 2.75 bits per heavy atom. The molecule has 0 saturated heterocycles. The van der Waals surface area contributed by atoms with Crippen molar-refractivity contribution in [2.45, 2.75) is 20.4 Å². The van der Waals surface area contributed by atoms with E-state index in [2.05, 4.69) is 10.3 Å². The molecule has 0 unspecified atom stereocenters. The lowest BCUT2D eigenvalue weighted by Gasteiger charge is -2.23. The third-order valence-corrected chi connectivity index (χ3v) is 2.49. The minimum Gasteiger partial charge on any atom is -0.480 e. The molecule has 20 heavy (non-hydrogen) atoms. The number of carbonyl (C=O) groups is 2. The van der Waals surface area contributed by atoms with Crippen molar-refractivity contribution in [3.63, 3.8) is 0 Å². The number of aromatic nitrogens is 3. The van der Waals surface area contributed by atoms with E-state index in [9.17, 15) is 9.59 Å². The van der Waals surface area contributed by atoms with Gasteiger partial charge in [0.2, 0.25) is 0 Å². The first-order valence-corrected chi connectivity index (χ1v) is 6.34.